The molecule has 142 valence electrons. The highest BCUT2D eigenvalue weighted by Crippen LogP contribution is 2.53. The zero-order valence-corrected chi connectivity index (χ0v) is 17.1. The van der Waals surface area contributed by atoms with E-state index in [0.717, 1.165) is 33.7 Å². The molecule has 28 heavy (non-hydrogen) atoms. The van der Waals surface area contributed by atoms with Gasteiger partial charge in [-0.05, 0) is 37.3 Å². The van der Waals surface area contributed by atoms with E-state index < -0.39 is 0 Å². The zero-order valence-electron chi connectivity index (χ0n) is 16.3. The number of amides is 1. The maximum atomic E-state index is 12.5. The van der Waals surface area contributed by atoms with E-state index in [9.17, 15) is 4.79 Å². The smallest absolute Gasteiger partial charge is 0.263 e. The molecule has 2 atom stereocenters. The molecule has 0 radical (unpaired) electrons. The van der Waals surface area contributed by atoms with Crippen molar-refractivity contribution in [3.05, 3.63) is 58.0 Å². The van der Waals surface area contributed by atoms with Gasteiger partial charge in [0.25, 0.3) is 5.91 Å². The van der Waals surface area contributed by atoms with Crippen molar-refractivity contribution < 1.29 is 4.79 Å². The quantitative estimate of drug-likeness (QED) is 0.531. The maximum absolute atomic E-state index is 12.5. The first-order valence-corrected chi connectivity index (χ1v) is 10.2. The van der Waals surface area contributed by atoms with Gasteiger partial charge in [0.1, 0.15) is 11.2 Å². The predicted molar refractivity (Wildman–Crippen MR) is 110 cm³/mol. The van der Waals surface area contributed by atoms with Crippen LogP contribution in [0.25, 0.3) is 15.9 Å². The molecule has 2 unspecified atom stereocenters. The minimum absolute atomic E-state index is 0.0000155. The van der Waals surface area contributed by atoms with Gasteiger partial charge in [-0.25, -0.2) is 14.5 Å². The Balaban J connectivity index is 1.55. The Kier molecular flexibility index (Phi) is 3.77. The number of benzene rings is 1. The molecule has 1 fully saturated rings. The van der Waals surface area contributed by atoms with Crippen LogP contribution in [0, 0.1) is 13.8 Å². The Morgan fingerprint density at radius 1 is 1.18 bits per heavy atom. The summed E-state index contributed by atoms with van der Waals surface area (Å²) in [5.74, 6) is 1.70. The van der Waals surface area contributed by atoms with Gasteiger partial charge >= 0.3 is 0 Å². The van der Waals surface area contributed by atoms with Crippen molar-refractivity contribution in [2.45, 2.75) is 32.1 Å². The fraction of sp³-hybridized carbons (Fsp3) is 0.333. The normalized spacial score (nSPS) is 18.7. The molecule has 0 N–H and O–H groups in total. The van der Waals surface area contributed by atoms with Crippen LogP contribution in [0.1, 0.15) is 50.4 Å². The summed E-state index contributed by atoms with van der Waals surface area (Å²) in [6, 6.07) is 8.73. The summed E-state index contributed by atoms with van der Waals surface area (Å²) in [7, 11) is 3.53. The van der Waals surface area contributed by atoms with Crippen molar-refractivity contribution in [3.63, 3.8) is 0 Å². The van der Waals surface area contributed by atoms with Crippen molar-refractivity contribution in [1.29, 1.82) is 0 Å². The van der Waals surface area contributed by atoms with E-state index in [0.29, 0.717) is 16.7 Å². The lowest BCUT2D eigenvalue weighted by Crippen LogP contribution is -2.21. The van der Waals surface area contributed by atoms with Gasteiger partial charge in [0.15, 0.2) is 11.5 Å². The molecule has 1 aliphatic rings. The molecule has 1 aromatic carbocycles. The molecule has 0 aliphatic heterocycles. The Hall–Kier alpha value is -2.80. The second-order valence-electron chi connectivity index (χ2n) is 7.78. The number of carbonyl (C=O) groups is 1. The lowest BCUT2D eigenvalue weighted by molar-refractivity contribution is 0.0831. The molecule has 3 aromatic heterocycles. The topological polar surface area (TPSA) is 63.4 Å². The van der Waals surface area contributed by atoms with Gasteiger partial charge in [0, 0.05) is 20.0 Å². The summed E-state index contributed by atoms with van der Waals surface area (Å²) in [4.78, 5) is 25.0. The molecular weight excluding hydrogens is 370 g/mol. The Morgan fingerprint density at radius 2 is 1.93 bits per heavy atom. The number of rotatable bonds is 3. The average molecular weight is 392 g/mol. The average Bonchev–Trinajstić information content (AvgIpc) is 3.23. The zero-order chi connectivity index (χ0) is 19.6. The highest BCUT2D eigenvalue weighted by atomic mass is 32.1. The first kappa shape index (κ1) is 17.3. The Labute approximate surface area is 166 Å². The van der Waals surface area contributed by atoms with Crippen LogP contribution in [0.4, 0.5) is 0 Å². The van der Waals surface area contributed by atoms with E-state index in [1.165, 1.54) is 22.5 Å². The SMILES string of the molecule is Cc1ccc(C2CC2c2nc3c4c(C)c(C(=O)N(C)C)sc4ncn3n2)cc1. The largest absolute Gasteiger partial charge is 0.344 e. The van der Waals surface area contributed by atoms with E-state index in [1.807, 2.05) is 6.92 Å². The van der Waals surface area contributed by atoms with Crippen LogP contribution >= 0.6 is 11.3 Å². The van der Waals surface area contributed by atoms with E-state index >= 15 is 0 Å². The van der Waals surface area contributed by atoms with Crippen molar-refractivity contribution >= 4 is 33.1 Å². The van der Waals surface area contributed by atoms with Crippen LogP contribution in [0.3, 0.4) is 0 Å². The number of hydrogen-bond donors (Lipinski definition) is 0. The van der Waals surface area contributed by atoms with Gasteiger partial charge in [-0.15, -0.1) is 16.4 Å². The van der Waals surface area contributed by atoms with Gasteiger partial charge in [0.05, 0.1) is 10.3 Å². The molecule has 0 spiro atoms. The summed E-state index contributed by atoms with van der Waals surface area (Å²) >= 11 is 1.42. The number of thiophene rings is 1. The van der Waals surface area contributed by atoms with Crippen LogP contribution in [0.5, 0.6) is 0 Å². The fourth-order valence-corrected chi connectivity index (χ4v) is 4.94. The molecule has 0 saturated heterocycles. The first-order chi connectivity index (χ1) is 13.4. The fourth-order valence-electron chi connectivity index (χ4n) is 3.78. The standard InChI is InChI=1S/C21H21N5OS/c1-11-5-7-13(8-6-11)14-9-15(14)18-23-19-16-12(2)17(21(27)25(3)4)28-20(16)22-10-26(19)24-18/h5-8,10,14-15H,9H2,1-4H3. The third kappa shape index (κ3) is 2.61. The van der Waals surface area contributed by atoms with E-state index in [1.54, 1.807) is 29.8 Å². The number of nitrogens with zero attached hydrogens (tertiary/aromatic N) is 5. The number of aromatic nitrogens is 4. The minimum atomic E-state index is 0.0000155. The second kappa shape index (κ2) is 6.10. The van der Waals surface area contributed by atoms with Crippen LogP contribution in [0.15, 0.2) is 30.6 Å². The van der Waals surface area contributed by atoms with Crippen LogP contribution < -0.4 is 0 Å². The van der Waals surface area contributed by atoms with E-state index in [2.05, 4.69) is 36.2 Å². The van der Waals surface area contributed by atoms with Gasteiger partial charge in [0.2, 0.25) is 0 Å². The van der Waals surface area contributed by atoms with Crippen molar-refractivity contribution in [2.75, 3.05) is 14.1 Å². The number of aryl methyl sites for hydroxylation is 2. The third-order valence-corrected chi connectivity index (χ3v) is 6.70. The molecule has 1 amide bonds. The van der Waals surface area contributed by atoms with E-state index in [4.69, 9.17) is 10.1 Å². The first-order valence-electron chi connectivity index (χ1n) is 9.36. The molecule has 0 bridgehead atoms. The van der Waals surface area contributed by atoms with Gasteiger partial charge in [-0.1, -0.05) is 29.8 Å². The molecule has 6 nitrogen and oxygen atoms in total. The van der Waals surface area contributed by atoms with Crippen molar-refractivity contribution in [2.24, 2.45) is 0 Å². The molecule has 4 aromatic rings. The molecular formula is C21H21N5OS. The number of hydrogen-bond acceptors (Lipinski definition) is 5. The summed E-state index contributed by atoms with van der Waals surface area (Å²) in [6.45, 7) is 4.08. The van der Waals surface area contributed by atoms with Crippen molar-refractivity contribution in [1.82, 2.24) is 24.5 Å². The molecule has 3 heterocycles. The van der Waals surface area contributed by atoms with Crippen LogP contribution in [0.2, 0.25) is 0 Å². The van der Waals surface area contributed by atoms with Crippen LogP contribution in [-0.4, -0.2) is 44.5 Å². The molecule has 1 saturated carbocycles. The maximum Gasteiger partial charge on any atom is 0.263 e. The summed E-state index contributed by atoms with van der Waals surface area (Å²) in [5, 5.41) is 5.64. The van der Waals surface area contributed by atoms with Crippen LogP contribution in [-0.2, 0) is 0 Å². The summed E-state index contributed by atoms with van der Waals surface area (Å²) in [5.41, 5.74) is 4.35. The Morgan fingerprint density at radius 3 is 2.64 bits per heavy atom. The Bertz CT molecular complexity index is 1220. The van der Waals surface area contributed by atoms with Gasteiger partial charge in [-0.2, -0.15) is 0 Å². The molecule has 1 aliphatic carbocycles. The third-order valence-electron chi connectivity index (χ3n) is 5.51. The number of fused-ring (bicyclic) bond motifs is 3. The monoisotopic (exact) mass is 391 g/mol. The highest BCUT2D eigenvalue weighted by molar-refractivity contribution is 7.20. The molecule has 5 rings (SSSR count). The van der Waals surface area contributed by atoms with E-state index in [-0.39, 0.29) is 5.91 Å². The van der Waals surface area contributed by atoms with Gasteiger partial charge in [-0.3, -0.25) is 4.79 Å². The minimum Gasteiger partial charge on any atom is -0.344 e. The summed E-state index contributed by atoms with van der Waals surface area (Å²) < 4.78 is 1.76. The molecule has 7 heteroatoms. The highest BCUT2D eigenvalue weighted by Gasteiger charge is 2.42. The second-order valence-corrected chi connectivity index (χ2v) is 8.78. The lowest BCUT2D eigenvalue weighted by Gasteiger charge is -2.08. The van der Waals surface area contributed by atoms with Crippen molar-refractivity contribution in [3.8, 4) is 0 Å². The number of carbonyl (C=O) groups excluding carboxylic acids is 1. The lowest BCUT2D eigenvalue weighted by atomic mass is 10.1. The summed E-state index contributed by atoms with van der Waals surface area (Å²) in [6.07, 6.45) is 2.78. The predicted octanol–water partition coefficient (Wildman–Crippen LogP) is 3.93. The van der Waals surface area contributed by atoms with Gasteiger partial charge < -0.3 is 4.90 Å².